The molecule has 1 fully saturated rings. The van der Waals surface area contributed by atoms with Crippen LogP contribution in [-0.4, -0.2) is 30.5 Å². The average Bonchev–Trinajstić information content (AvgIpc) is 3.27. The minimum atomic E-state index is -4.41. The lowest BCUT2D eigenvalue weighted by Gasteiger charge is -2.22. The second-order valence-electron chi connectivity index (χ2n) is 7.62. The zero-order chi connectivity index (χ0) is 24.7. The molecule has 0 radical (unpaired) electrons. The molecule has 4 rings (SSSR count). The van der Waals surface area contributed by atoms with E-state index in [4.69, 9.17) is 26.9 Å². The molecule has 2 heterocycles. The van der Waals surface area contributed by atoms with Crippen LogP contribution >= 0.6 is 11.6 Å². The lowest BCUT2D eigenvalue weighted by atomic mass is 10.0. The number of nitrogens with two attached hydrogens (primary N) is 1. The van der Waals surface area contributed by atoms with Crippen LogP contribution in [0.5, 0.6) is 5.88 Å². The van der Waals surface area contributed by atoms with Crippen LogP contribution in [0, 0.1) is 0 Å². The van der Waals surface area contributed by atoms with E-state index < -0.39 is 11.7 Å². The Hall–Kier alpha value is -3.10. The first-order valence-corrected chi connectivity index (χ1v) is 11.1. The summed E-state index contributed by atoms with van der Waals surface area (Å²) in [6.07, 6.45) is -2.30. The highest BCUT2D eigenvalue weighted by molar-refractivity contribution is 6.33. The number of rotatable bonds is 5. The molecule has 0 saturated carbocycles. The molecule has 1 saturated heterocycles. The second kappa shape index (κ2) is 11.4. The molecule has 0 amide bonds. The smallest absolute Gasteiger partial charge is 0.417 e. The topological polar surface area (TPSA) is 68.5 Å². The lowest BCUT2D eigenvalue weighted by Crippen LogP contribution is -2.26. The molecule has 1 aliphatic rings. The molecule has 34 heavy (non-hydrogen) atoms. The Morgan fingerprint density at radius 3 is 2.56 bits per heavy atom. The van der Waals surface area contributed by atoms with Gasteiger partial charge in [-0.3, -0.25) is 0 Å². The quantitative estimate of drug-likeness (QED) is 0.461. The van der Waals surface area contributed by atoms with Crippen molar-refractivity contribution >= 4 is 23.6 Å². The maximum atomic E-state index is 12.7. The number of halogens is 4. The summed E-state index contributed by atoms with van der Waals surface area (Å²) < 4.78 is 43.9. The largest absolute Gasteiger partial charge is 0.472 e. The Morgan fingerprint density at radius 2 is 1.94 bits per heavy atom. The lowest BCUT2D eigenvalue weighted by molar-refractivity contribution is -0.137. The first-order chi connectivity index (χ1) is 16.3. The fourth-order valence-corrected chi connectivity index (χ4v) is 4.00. The van der Waals surface area contributed by atoms with E-state index in [9.17, 15) is 13.2 Å². The predicted molar refractivity (Wildman–Crippen MR) is 127 cm³/mol. The predicted octanol–water partition coefficient (Wildman–Crippen LogP) is 5.74. The molecule has 0 bridgehead atoms. The minimum Gasteiger partial charge on any atom is -0.472 e. The Morgan fingerprint density at radius 1 is 1.21 bits per heavy atom. The maximum Gasteiger partial charge on any atom is 0.417 e. The zero-order valence-electron chi connectivity index (χ0n) is 18.6. The van der Waals surface area contributed by atoms with Gasteiger partial charge in [0.05, 0.1) is 12.1 Å². The molecule has 2 N–H and O–H groups in total. The van der Waals surface area contributed by atoms with Crippen molar-refractivity contribution in [3.63, 3.8) is 0 Å². The van der Waals surface area contributed by atoms with Gasteiger partial charge in [0.1, 0.15) is 12.4 Å². The van der Waals surface area contributed by atoms with Crippen molar-refractivity contribution in [2.24, 2.45) is 5.73 Å². The molecule has 1 aliphatic heterocycles. The number of carbonyl (C=O) groups is 1. The molecule has 3 aromatic rings. The van der Waals surface area contributed by atoms with E-state index in [0.29, 0.717) is 18.1 Å². The first-order valence-electron chi connectivity index (χ1n) is 10.7. The number of anilines is 1. The Balaban J connectivity index is 0.00000103. The summed E-state index contributed by atoms with van der Waals surface area (Å²) in [6, 6.07) is 16.0. The average molecular weight is 492 g/mol. The molecule has 180 valence electrons. The molecule has 2 aromatic carbocycles. The van der Waals surface area contributed by atoms with Gasteiger partial charge in [-0.15, -0.1) is 0 Å². The van der Waals surface area contributed by atoms with Crippen molar-refractivity contribution in [3.05, 3.63) is 76.9 Å². The molecular weight excluding hydrogens is 467 g/mol. The summed E-state index contributed by atoms with van der Waals surface area (Å²) in [6.45, 7) is 3.17. The van der Waals surface area contributed by atoms with Crippen LogP contribution in [0.3, 0.4) is 0 Å². The maximum absolute atomic E-state index is 12.7. The van der Waals surface area contributed by atoms with Crippen LogP contribution in [0.1, 0.15) is 24.5 Å². The second-order valence-corrected chi connectivity index (χ2v) is 8.03. The molecule has 5 nitrogen and oxygen atoms in total. The van der Waals surface area contributed by atoms with E-state index in [2.05, 4.69) is 9.88 Å². The van der Waals surface area contributed by atoms with Crippen molar-refractivity contribution in [2.75, 3.05) is 18.0 Å². The van der Waals surface area contributed by atoms with E-state index >= 15 is 0 Å². The Bertz CT molecular complexity index is 1110. The number of nitrogens with zero attached hydrogens (tertiary/aromatic N) is 2. The monoisotopic (exact) mass is 491 g/mol. The van der Waals surface area contributed by atoms with E-state index in [-0.39, 0.29) is 12.0 Å². The van der Waals surface area contributed by atoms with Gasteiger partial charge in [0.2, 0.25) is 5.88 Å². The van der Waals surface area contributed by atoms with Crippen LogP contribution < -0.4 is 15.4 Å². The molecule has 9 heteroatoms. The fraction of sp³-hybridized carbons (Fsp3) is 0.280. The summed E-state index contributed by atoms with van der Waals surface area (Å²) in [5.41, 5.74) is 9.18. The number of ether oxygens (including phenoxy) is 1. The number of hydrogen-bond acceptors (Lipinski definition) is 5. The number of hydrogen-bond donors (Lipinski definition) is 1. The van der Waals surface area contributed by atoms with Gasteiger partial charge in [-0.25, -0.2) is 4.98 Å². The van der Waals surface area contributed by atoms with Gasteiger partial charge in [-0.2, -0.15) is 13.2 Å². The van der Waals surface area contributed by atoms with Gasteiger partial charge < -0.3 is 20.2 Å². The van der Waals surface area contributed by atoms with Gasteiger partial charge in [0.25, 0.3) is 0 Å². The Labute approximate surface area is 201 Å². The van der Waals surface area contributed by atoms with Crippen molar-refractivity contribution < 1.29 is 22.7 Å². The third-order valence-electron chi connectivity index (χ3n) is 5.32. The fourth-order valence-electron chi connectivity index (χ4n) is 3.75. The molecule has 1 aromatic heterocycles. The highest BCUT2D eigenvalue weighted by Crippen LogP contribution is 2.34. The zero-order valence-corrected chi connectivity index (χ0v) is 19.3. The molecular formula is C25H25ClF3N3O2. The number of pyridine rings is 1. The van der Waals surface area contributed by atoms with Crippen LogP contribution in [0.4, 0.5) is 18.9 Å². The van der Waals surface area contributed by atoms with Gasteiger partial charge in [0, 0.05) is 48.0 Å². The van der Waals surface area contributed by atoms with Crippen LogP contribution in [-0.2, 0) is 17.5 Å². The number of benzene rings is 2. The van der Waals surface area contributed by atoms with Crippen molar-refractivity contribution in [1.29, 1.82) is 0 Å². The molecule has 0 aliphatic carbocycles. The SMILES string of the molecule is CC=O.NCc1cc(-c2ccccc2Cl)ccc1N1CC[C@H](Oc2ccc(C(F)(F)F)cn2)C1. The molecule has 1 atom stereocenters. The summed E-state index contributed by atoms with van der Waals surface area (Å²) >= 11 is 6.33. The first kappa shape index (κ1) is 25.5. The van der Waals surface area contributed by atoms with E-state index in [1.807, 2.05) is 42.5 Å². The van der Waals surface area contributed by atoms with Gasteiger partial charge in [0.15, 0.2) is 0 Å². The normalized spacial score (nSPS) is 15.5. The summed E-state index contributed by atoms with van der Waals surface area (Å²) in [5.74, 6) is 0.188. The van der Waals surface area contributed by atoms with Crippen LogP contribution in [0.15, 0.2) is 60.8 Å². The number of aromatic nitrogens is 1. The standard InChI is InChI=1S/C23H21ClF3N3O.C2H4O/c24-20-4-2-1-3-19(20)15-5-7-21(16(11-15)12-28)30-10-9-18(14-30)31-22-8-6-17(13-29-22)23(25,26)27;1-2-3/h1-8,11,13,18H,9-10,12,14,28H2;2H,1H3/t18-;/m0./s1. The Kier molecular flexibility index (Phi) is 8.52. The van der Waals surface area contributed by atoms with Crippen LogP contribution in [0.2, 0.25) is 5.02 Å². The highest BCUT2D eigenvalue weighted by atomic mass is 35.5. The van der Waals surface area contributed by atoms with Gasteiger partial charge in [-0.1, -0.05) is 35.9 Å². The van der Waals surface area contributed by atoms with E-state index in [0.717, 1.165) is 53.9 Å². The minimum absolute atomic E-state index is 0.168. The van der Waals surface area contributed by atoms with Crippen molar-refractivity contribution in [1.82, 2.24) is 4.98 Å². The van der Waals surface area contributed by atoms with Crippen LogP contribution in [0.25, 0.3) is 11.1 Å². The summed E-state index contributed by atoms with van der Waals surface area (Å²) in [7, 11) is 0. The molecule has 0 spiro atoms. The number of alkyl halides is 3. The third-order valence-corrected chi connectivity index (χ3v) is 5.65. The molecule has 0 unspecified atom stereocenters. The van der Waals surface area contributed by atoms with E-state index in [1.165, 1.54) is 13.0 Å². The van der Waals surface area contributed by atoms with E-state index in [1.54, 1.807) is 0 Å². The number of aldehydes is 1. The highest BCUT2D eigenvalue weighted by Gasteiger charge is 2.31. The van der Waals surface area contributed by atoms with Crippen molar-refractivity contribution in [2.45, 2.75) is 32.2 Å². The summed E-state index contributed by atoms with van der Waals surface area (Å²) in [5, 5.41) is 0.678. The third kappa shape index (κ3) is 6.27. The van der Waals surface area contributed by atoms with Gasteiger partial charge in [-0.05, 0) is 42.3 Å². The van der Waals surface area contributed by atoms with Gasteiger partial charge >= 0.3 is 6.18 Å². The van der Waals surface area contributed by atoms with Crippen molar-refractivity contribution in [3.8, 4) is 17.0 Å². The number of carbonyl (C=O) groups excluding carboxylic acids is 1. The summed E-state index contributed by atoms with van der Waals surface area (Å²) in [4.78, 5) is 14.8.